The molecule has 186 valence electrons. The Kier molecular flexibility index (Phi) is 7.16. The van der Waals surface area contributed by atoms with E-state index in [1.165, 1.54) is 33.3 Å². The number of Topliss-reactive ketones (excluding diaryl/α,β-unsaturated/α-hetero) is 1. The molecule has 2 atom stereocenters. The van der Waals surface area contributed by atoms with Crippen LogP contribution < -0.4 is 18.9 Å². The van der Waals surface area contributed by atoms with Crippen LogP contribution in [-0.4, -0.2) is 69.4 Å². The van der Waals surface area contributed by atoms with Gasteiger partial charge in [0.2, 0.25) is 5.75 Å². The smallest absolute Gasteiger partial charge is 0.295 e. The van der Waals surface area contributed by atoms with Crippen LogP contribution >= 0.6 is 0 Å². The van der Waals surface area contributed by atoms with Gasteiger partial charge in [0, 0.05) is 18.7 Å². The van der Waals surface area contributed by atoms with Crippen LogP contribution in [0.1, 0.15) is 30.0 Å². The quantitative estimate of drug-likeness (QED) is 0.347. The maximum atomic E-state index is 13.3. The number of aliphatic hydroxyl groups is 1. The van der Waals surface area contributed by atoms with Crippen molar-refractivity contribution in [3.05, 3.63) is 53.1 Å². The lowest BCUT2D eigenvalue weighted by Gasteiger charge is -2.28. The molecule has 2 heterocycles. The van der Waals surface area contributed by atoms with Crippen molar-refractivity contribution in [2.45, 2.75) is 25.0 Å². The molecule has 2 aromatic rings. The molecule has 0 spiro atoms. The molecule has 0 bridgehead atoms. The molecule has 4 rings (SSSR count). The number of benzene rings is 2. The Labute approximate surface area is 203 Å². The first-order valence-corrected chi connectivity index (χ1v) is 11.3. The third-order valence-electron chi connectivity index (χ3n) is 6.31. The van der Waals surface area contributed by atoms with Crippen molar-refractivity contribution in [2.24, 2.45) is 0 Å². The zero-order chi connectivity index (χ0) is 25.1. The summed E-state index contributed by atoms with van der Waals surface area (Å²) in [5.74, 6) is -0.159. The van der Waals surface area contributed by atoms with Crippen LogP contribution in [0, 0.1) is 0 Å². The minimum atomic E-state index is -0.890. The number of ether oxygens (including phenoxy) is 5. The highest BCUT2D eigenvalue weighted by Gasteiger charge is 2.47. The van der Waals surface area contributed by atoms with Gasteiger partial charge in [-0.3, -0.25) is 9.59 Å². The molecule has 1 N–H and O–H groups in total. The second kappa shape index (κ2) is 10.3. The summed E-state index contributed by atoms with van der Waals surface area (Å²) in [6, 6.07) is 9.15. The molecule has 1 amide bonds. The molecule has 2 fully saturated rings. The van der Waals surface area contributed by atoms with E-state index in [1.807, 2.05) is 0 Å². The molecule has 35 heavy (non-hydrogen) atoms. The van der Waals surface area contributed by atoms with Gasteiger partial charge in [0.15, 0.2) is 11.5 Å². The fourth-order valence-electron chi connectivity index (χ4n) is 4.61. The van der Waals surface area contributed by atoms with Crippen LogP contribution in [-0.2, 0) is 14.3 Å². The van der Waals surface area contributed by atoms with E-state index in [-0.39, 0.29) is 24.0 Å². The Morgan fingerprint density at radius 3 is 2.31 bits per heavy atom. The first kappa shape index (κ1) is 24.4. The summed E-state index contributed by atoms with van der Waals surface area (Å²) in [6.07, 6.45) is 1.46. The van der Waals surface area contributed by atoms with Crippen molar-refractivity contribution in [1.82, 2.24) is 4.90 Å². The summed E-state index contributed by atoms with van der Waals surface area (Å²) >= 11 is 0. The Bertz CT molecular complexity index is 1130. The summed E-state index contributed by atoms with van der Waals surface area (Å²) in [5, 5.41) is 11.3. The standard InChI is InChI=1S/C26H29NO8/c1-31-17-8-5-7-15(11-17)23(28)21-22(16-12-19(32-2)25(34-4)20(13-16)33-3)27(26(30)24(21)29)14-18-9-6-10-35-18/h5,7-8,11-13,18,22,28H,6,9-10,14H2,1-4H3/t18-,22+/m0/s1. The zero-order valence-electron chi connectivity index (χ0n) is 20.2. The highest BCUT2D eigenvalue weighted by molar-refractivity contribution is 6.46. The third-order valence-corrected chi connectivity index (χ3v) is 6.31. The maximum Gasteiger partial charge on any atom is 0.295 e. The number of hydrogen-bond acceptors (Lipinski definition) is 8. The van der Waals surface area contributed by atoms with Gasteiger partial charge >= 0.3 is 0 Å². The van der Waals surface area contributed by atoms with Gasteiger partial charge in [0.25, 0.3) is 11.7 Å². The second-order valence-corrected chi connectivity index (χ2v) is 8.28. The Morgan fingerprint density at radius 2 is 1.74 bits per heavy atom. The summed E-state index contributed by atoms with van der Waals surface area (Å²) in [6.45, 7) is 0.814. The zero-order valence-corrected chi connectivity index (χ0v) is 20.2. The van der Waals surface area contributed by atoms with Gasteiger partial charge in [0.1, 0.15) is 11.5 Å². The molecule has 9 heteroatoms. The molecule has 2 aromatic carbocycles. The number of rotatable bonds is 8. The van der Waals surface area contributed by atoms with E-state index in [4.69, 9.17) is 23.7 Å². The van der Waals surface area contributed by atoms with Crippen molar-refractivity contribution in [3.63, 3.8) is 0 Å². The normalized spacial score (nSPS) is 21.3. The molecule has 2 aliphatic heterocycles. The number of likely N-dealkylation sites (tertiary alicyclic amines) is 1. The summed E-state index contributed by atoms with van der Waals surface area (Å²) in [5.41, 5.74) is 0.855. The third kappa shape index (κ3) is 4.51. The van der Waals surface area contributed by atoms with Crippen molar-refractivity contribution in [3.8, 4) is 23.0 Å². The molecule has 9 nitrogen and oxygen atoms in total. The average Bonchev–Trinajstić information content (AvgIpc) is 3.49. The number of aliphatic hydroxyl groups excluding tert-OH is 1. The number of carbonyl (C=O) groups is 2. The Morgan fingerprint density at radius 1 is 1.03 bits per heavy atom. The van der Waals surface area contributed by atoms with Gasteiger partial charge in [0.05, 0.1) is 46.2 Å². The van der Waals surface area contributed by atoms with Gasteiger partial charge in [-0.25, -0.2) is 0 Å². The fraction of sp³-hybridized carbons (Fsp3) is 0.385. The molecule has 2 saturated heterocycles. The maximum absolute atomic E-state index is 13.3. The average molecular weight is 484 g/mol. The second-order valence-electron chi connectivity index (χ2n) is 8.28. The first-order valence-electron chi connectivity index (χ1n) is 11.3. The monoisotopic (exact) mass is 483 g/mol. The largest absolute Gasteiger partial charge is 0.507 e. The number of carbonyl (C=O) groups excluding carboxylic acids is 2. The predicted octanol–water partition coefficient (Wildman–Crippen LogP) is 3.32. The van der Waals surface area contributed by atoms with Crippen LogP contribution in [0.15, 0.2) is 42.0 Å². The molecule has 0 radical (unpaired) electrons. The molecule has 0 unspecified atom stereocenters. The lowest BCUT2D eigenvalue weighted by Crippen LogP contribution is -2.36. The van der Waals surface area contributed by atoms with Crippen molar-refractivity contribution >= 4 is 17.4 Å². The summed E-state index contributed by atoms with van der Waals surface area (Å²) < 4.78 is 27.4. The number of hydrogen-bond donors (Lipinski definition) is 1. The molecule has 2 aliphatic rings. The van der Waals surface area contributed by atoms with Gasteiger partial charge < -0.3 is 33.7 Å². The fourth-order valence-corrected chi connectivity index (χ4v) is 4.61. The van der Waals surface area contributed by atoms with Crippen molar-refractivity contribution < 1.29 is 38.4 Å². The van der Waals surface area contributed by atoms with Crippen LogP contribution in [0.3, 0.4) is 0 Å². The topological polar surface area (TPSA) is 104 Å². The van der Waals surface area contributed by atoms with E-state index in [0.717, 1.165) is 12.8 Å². The van der Waals surface area contributed by atoms with Crippen LogP contribution in [0.5, 0.6) is 23.0 Å². The molecule has 0 aliphatic carbocycles. The van der Waals surface area contributed by atoms with Crippen LogP contribution in [0.4, 0.5) is 0 Å². The van der Waals surface area contributed by atoms with E-state index < -0.39 is 17.7 Å². The molecular weight excluding hydrogens is 454 g/mol. The van der Waals surface area contributed by atoms with E-state index in [2.05, 4.69) is 0 Å². The number of amides is 1. The SMILES string of the molecule is COc1cccc(C(O)=C2C(=O)C(=O)N(C[C@@H]3CCCO3)[C@@H]2c2cc(OC)c(OC)c(OC)c2)c1. The highest BCUT2D eigenvalue weighted by Crippen LogP contribution is 2.46. The van der Waals surface area contributed by atoms with E-state index in [9.17, 15) is 14.7 Å². The van der Waals surface area contributed by atoms with Gasteiger partial charge in [-0.05, 0) is 42.7 Å². The van der Waals surface area contributed by atoms with Gasteiger partial charge in [-0.2, -0.15) is 0 Å². The minimum Gasteiger partial charge on any atom is -0.507 e. The summed E-state index contributed by atoms with van der Waals surface area (Å²) in [4.78, 5) is 28.0. The highest BCUT2D eigenvalue weighted by atomic mass is 16.5. The van der Waals surface area contributed by atoms with Crippen LogP contribution in [0.25, 0.3) is 5.76 Å². The van der Waals surface area contributed by atoms with Crippen molar-refractivity contribution in [2.75, 3.05) is 41.6 Å². The minimum absolute atomic E-state index is 0.0319. The molecule has 0 saturated carbocycles. The predicted molar refractivity (Wildman–Crippen MR) is 127 cm³/mol. The number of methoxy groups -OCH3 is 4. The molecule has 0 aromatic heterocycles. The number of nitrogens with zero attached hydrogens (tertiary/aromatic N) is 1. The van der Waals surface area contributed by atoms with Gasteiger partial charge in [-0.1, -0.05) is 12.1 Å². The van der Waals surface area contributed by atoms with E-state index in [0.29, 0.717) is 40.7 Å². The molecular formula is C26H29NO8. The summed E-state index contributed by atoms with van der Waals surface area (Å²) in [7, 11) is 5.98. The lowest BCUT2D eigenvalue weighted by molar-refractivity contribution is -0.140. The van der Waals surface area contributed by atoms with Crippen LogP contribution in [0.2, 0.25) is 0 Å². The lowest BCUT2D eigenvalue weighted by atomic mass is 9.94. The van der Waals surface area contributed by atoms with E-state index >= 15 is 0 Å². The van der Waals surface area contributed by atoms with Crippen molar-refractivity contribution in [1.29, 1.82) is 0 Å². The Hall–Kier alpha value is -3.72. The Balaban J connectivity index is 1.91. The van der Waals surface area contributed by atoms with E-state index in [1.54, 1.807) is 36.4 Å². The first-order chi connectivity index (χ1) is 16.9. The van der Waals surface area contributed by atoms with Gasteiger partial charge in [-0.15, -0.1) is 0 Å². The number of ketones is 1.